The van der Waals surface area contributed by atoms with Crippen LogP contribution in [-0.2, 0) is 6.61 Å². The molecule has 0 fully saturated rings. The average Bonchev–Trinajstić information content (AvgIpc) is 2.46. The van der Waals surface area contributed by atoms with Crippen molar-refractivity contribution in [2.45, 2.75) is 20.5 Å². The molecule has 0 aliphatic heterocycles. The van der Waals surface area contributed by atoms with E-state index in [2.05, 4.69) is 21.1 Å². The van der Waals surface area contributed by atoms with Crippen LogP contribution in [0.3, 0.4) is 0 Å². The smallest absolute Gasteiger partial charge is 0.128 e. The van der Waals surface area contributed by atoms with E-state index in [1.807, 2.05) is 49.4 Å². The van der Waals surface area contributed by atoms with Gasteiger partial charge in [0.15, 0.2) is 0 Å². The first-order chi connectivity index (χ1) is 9.60. The molecule has 1 N–H and O–H groups in total. The molecule has 0 aliphatic rings. The zero-order chi connectivity index (χ0) is 14.5. The second-order valence-corrected chi connectivity index (χ2v) is 5.52. The number of aryl methyl sites for hydroxylation is 1. The third-order valence-electron chi connectivity index (χ3n) is 2.98. The summed E-state index contributed by atoms with van der Waals surface area (Å²) in [5.41, 5.74) is 3.53. The van der Waals surface area contributed by atoms with Crippen molar-refractivity contribution in [2.75, 3.05) is 0 Å². The second-order valence-electron chi connectivity index (χ2n) is 4.60. The lowest BCUT2D eigenvalue weighted by Gasteiger charge is -2.12. The van der Waals surface area contributed by atoms with Crippen molar-refractivity contribution in [3.63, 3.8) is 0 Å². The number of halogens is 1. The van der Waals surface area contributed by atoms with E-state index in [9.17, 15) is 0 Å². The number of hydrogen-bond donors (Lipinski definition) is 1. The fraction of sp³-hybridized carbons (Fsp3) is 0.188. The molecule has 4 heteroatoms. The Hall–Kier alpha value is -1.81. The third-order valence-corrected chi connectivity index (χ3v) is 3.51. The van der Waals surface area contributed by atoms with Crippen molar-refractivity contribution >= 4 is 21.6 Å². The summed E-state index contributed by atoms with van der Waals surface area (Å²) in [5, 5.41) is 12.2. The first kappa shape index (κ1) is 14.6. The van der Waals surface area contributed by atoms with Crippen LogP contribution in [0.15, 0.2) is 52.1 Å². The number of nitrogens with zero attached hydrogens (tertiary/aromatic N) is 1. The van der Waals surface area contributed by atoms with Crippen molar-refractivity contribution in [3.05, 3.63) is 63.6 Å². The molecule has 0 amide bonds. The van der Waals surface area contributed by atoms with Crippen molar-refractivity contribution in [1.29, 1.82) is 0 Å². The van der Waals surface area contributed by atoms with Crippen LogP contribution in [0.25, 0.3) is 0 Å². The molecule has 0 saturated heterocycles. The maximum absolute atomic E-state index is 8.95. The Morgan fingerprint density at radius 2 is 1.90 bits per heavy atom. The molecule has 0 radical (unpaired) electrons. The van der Waals surface area contributed by atoms with Gasteiger partial charge in [0, 0.05) is 10.0 Å². The summed E-state index contributed by atoms with van der Waals surface area (Å²) in [4.78, 5) is 0. The predicted octanol–water partition coefficient (Wildman–Crippen LogP) is 4.53. The van der Waals surface area contributed by atoms with Crippen LogP contribution in [0.4, 0.5) is 0 Å². The van der Waals surface area contributed by atoms with Gasteiger partial charge in [0.2, 0.25) is 0 Å². The van der Waals surface area contributed by atoms with Gasteiger partial charge in [-0.3, -0.25) is 0 Å². The van der Waals surface area contributed by atoms with E-state index in [0.717, 1.165) is 21.2 Å². The molecule has 0 saturated carbocycles. The second kappa shape index (κ2) is 6.57. The third kappa shape index (κ3) is 3.61. The summed E-state index contributed by atoms with van der Waals surface area (Å²) in [5.74, 6) is 0.716. The van der Waals surface area contributed by atoms with Gasteiger partial charge in [-0.15, -0.1) is 0 Å². The Morgan fingerprint density at radius 3 is 2.55 bits per heavy atom. The highest BCUT2D eigenvalue weighted by Gasteiger charge is 2.08. The number of ether oxygens (including phenoxy) is 1. The summed E-state index contributed by atoms with van der Waals surface area (Å²) < 4.78 is 6.88. The predicted molar refractivity (Wildman–Crippen MR) is 83.7 cm³/mol. The molecule has 104 valence electrons. The van der Waals surface area contributed by atoms with E-state index >= 15 is 0 Å². The largest absolute Gasteiger partial charge is 0.488 e. The summed E-state index contributed by atoms with van der Waals surface area (Å²) in [7, 11) is 0. The van der Waals surface area contributed by atoms with Gasteiger partial charge < -0.3 is 9.94 Å². The Labute approximate surface area is 127 Å². The van der Waals surface area contributed by atoms with Gasteiger partial charge in [-0.1, -0.05) is 44.8 Å². The zero-order valence-corrected chi connectivity index (χ0v) is 13.0. The van der Waals surface area contributed by atoms with Crippen molar-refractivity contribution in [2.24, 2.45) is 5.16 Å². The lowest BCUT2D eigenvalue weighted by molar-refractivity contribution is 0.303. The minimum absolute atomic E-state index is 0.474. The maximum atomic E-state index is 8.95. The Balaban J connectivity index is 2.19. The Bertz CT molecular complexity index is 621. The molecular formula is C16H16BrNO2. The van der Waals surface area contributed by atoms with Crippen molar-refractivity contribution in [3.8, 4) is 5.75 Å². The number of rotatable bonds is 4. The van der Waals surface area contributed by atoms with Gasteiger partial charge in [0.05, 0.1) is 5.71 Å². The number of benzene rings is 2. The fourth-order valence-corrected chi connectivity index (χ4v) is 2.11. The summed E-state index contributed by atoms with van der Waals surface area (Å²) in [6.07, 6.45) is 0. The quantitative estimate of drug-likeness (QED) is 0.507. The molecule has 2 aromatic rings. The first-order valence-electron chi connectivity index (χ1n) is 6.27. The van der Waals surface area contributed by atoms with Crippen LogP contribution < -0.4 is 4.74 Å². The van der Waals surface area contributed by atoms with Crippen molar-refractivity contribution in [1.82, 2.24) is 0 Å². The van der Waals surface area contributed by atoms with Crippen LogP contribution in [0.5, 0.6) is 5.75 Å². The number of oxime groups is 1. The van der Waals surface area contributed by atoms with Gasteiger partial charge >= 0.3 is 0 Å². The first-order valence-corrected chi connectivity index (χ1v) is 7.06. The topological polar surface area (TPSA) is 41.8 Å². The van der Waals surface area contributed by atoms with E-state index in [-0.39, 0.29) is 0 Å². The fourth-order valence-electron chi connectivity index (χ4n) is 1.85. The van der Waals surface area contributed by atoms with Crippen LogP contribution in [0, 0.1) is 6.92 Å². The Morgan fingerprint density at radius 1 is 1.20 bits per heavy atom. The highest BCUT2D eigenvalue weighted by Crippen LogP contribution is 2.22. The van der Waals surface area contributed by atoms with Crippen LogP contribution >= 0.6 is 15.9 Å². The molecule has 0 heterocycles. The molecular weight excluding hydrogens is 318 g/mol. The normalized spacial score (nSPS) is 11.4. The van der Waals surface area contributed by atoms with Crippen LogP contribution in [-0.4, -0.2) is 10.9 Å². The molecule has 0 bridgehead atoms. The van der Waals surface area contributed by atoms with Gasteiger partial charge in [-0.25, -0.2) is 0 Å². The summed E-state index contributed by atoms with van der Waals surface area (Å²) in [6.45, 7) is 4.22. The van der Waals surface area contributed by atoms with Gasteiger partial charge in [-0.05, 0) is 43.7 Å². The SMILES string of the molecule is C/C(=N\O)c1cc(C)ccc1OCc1ccc(Br)cc1. The standard InChI is InChI=1S/C16H16BrNO2/c1-11-3-8-16(15(9-11)12(2)18-19)20-10-13-4-6-14(17)7-5-13/h3-9,19H,10H2,1-2H3/b18-12+. The van der Waals surface area contributed by atoms with Crippen LogP contribution in [0.1, 0.15) is 23.6 Å². The van der Waals surface area contributed by atoms with Crippen LogP contribution in [0.2, 0.25) is 0 Å². The molecule has 0 unspecified atom stereocenters. The molecule has 0 aliphatic carbocycles. The van der Waals surface area contributed by atoms with Crippen molar-refractivity contribution < 1.29 is 9.94 Å². The molecule has 3 nitrogen and oxygen atoms in total. The van der Waals surface area contributed by atoms with E-state index < -0.39 is 0 Å². The highest BCUT2D eigenvalue weighted by molar-refractivity contribution is 9.10. The zero-order valence-electron chi connectivity index (χ0n) is 11.4. The van der Waals surface area contributed by atoms with E-state index in [4.69, 9.17) is 9.94 Å². The molecule has 2 rings (SSSR count). The minimum atomic E-state index is 0.474. The monoisotopic (exact) mass is 333 g/mol. The van der Waals surface area contributed by atoms with Gasteiger partial charge in [0.1, 0.15) is 12.4 Å². The lowest BCUT2D eigenvalue weighted by atomic mass is 10.1. The molecule has 0 atom stereocenters. The van der Waals surface area contributed by atoms with Gasteiger partial charge in [-0.2, -0.15) is 0 Å². The minimum Gasteiger partial charge on any atom is -0.488 e. The highest BCUT2D eigenvalue weighted by atomic mass is 79.9. The van der Waals surface area contributed by atoms with Gasteiger partial charge in [0.25, 0.3) is 0 Å². The molecule has 20 heavy (non-hydrogen) atoms. The summed E-state index contributed by atoms with van der Waals surface area (Å²) in [6, 6.07) is 13.8. The molecule has 0 aromatic heterocycles. The molecule has 2 aromatic carbocycles. The Kier molecular flexibility index (Phi) is 4.79. The summed E-state index contributed by atoms with van der Waals surface area (Å²) >= 11 is 3.41. The lowest BCUT2D eigenvalue weighted by Crippen LogP contribution is -2.03. The number of hydrogen-bond acceptors (Lipinski definition) is 3. The average molecular weight is 334 g/mol. The maximum Gasteiger partial charge on any atom is 0.128 e. The van der Waals surface area contributed by atoms with E-state index in [1.54, 1.807) is 6.92 Å². The van der Waals surface area contributed by atoms with E-state index in [1.165, 1.54) is 0 Å². The molecule has 0 spiro atoms. The van der Waals surface area contributed by atoms with E-state index in [0.29, 0.717) is 18.1 Å².